The lowest BCUT2D eigenvalue weighted by molar-refractivity contribution is 0.558. The number of hydrogen-bond acceptors (Lipinski definition) is 3. The lowest BCUT2D eigenvalue weighted by Gasteiger charge is -2.12. The van der Waals surface area contributed by atoms with Gasteiger partial charge in [0.1, 0.15) is 5.65 Å². The maximum atomic E-state index is 12.5. The van der Waals surface area contributed by atoms with Crippen LogP contribution < -0.4 is 4.72 Å². The van der Waals surface area contributed by atoms with Gasteiger partial charge in [0.15, 0.2) is 0 Å². The van der Waals surface area contributed by atoms with Crippen LogP contribution in [0.2, 0.25) is 0 Å². The van der Waals surface area contributed by atoms with Gasteiger partial charge in [0.25, 0.3) is 0 Å². The molecule has 0 bridgehead atoms. The number of rotatable bonds is 3. The first-order chi connectivity index (χ1) is 10.4. The minimum atomic E-state index is -3.50. The fourth-order valence-electron chi connectivity index (χ4n) is 2.60. The van der Waals surface area contributed by atoms with Gasteiger partial charge in [0, 0.05) is 32.5 Å². The van der Waals surface area contributed by atoms with E-state index in [2.05, 4.69) is 30.6 Å². The van der Waals surface area contributed by atoms with Crippen LogP contribution in [0.3, 0.4) is 0 Å². The molecule has 7 heteroatoms. The highest BCUT2D eigenvalue weighted by molar-refractivity contribution is 9.10. The number of benzene rings is 1. The third kappa shape index (κ3) is 2.24. The van der Waals surface area contributed by atoms with Crippen LogP contribution in [0, 0.1) is 0 Å². The van der Waals surface area contributed by atoms with E-state index < -0.39 is 10.0 Å². The zero-order valence-electron chi connectivity index (χ0n) is 11.9. The summed E-state index contributed by atoms with van der Waals surface area (Å²) in [6.07, 6.45) is 3.48. The molecule has 3 aromatic rings. The molecular weight excluding hydrogens is 366 g/mol. The number of sulfonamides is 1. The van der Waals surface area contributed by atoms with Crippen LogP contribution in [0.5, 0.6) is 0 Å². The Hall–Kier alpha value is -1.44. The molecule has 1 aliphatic rings. The average Bonchev–Trinajstić information content (AvgIpc) is 3.03. The number of H-pyrrole nitrogens is 1. The maximum absolute atomic E-state index is 12.5. The number of nitrogens with zero attached hydrogens (tertiary/aromatic N) is 1. The van der Waals surface area contributed by atoms with Crippen molar-refractivity contribution < 1.29 is 8.42 Å². The Kier molecular flexibility index (Phi) is 2.92. The molecule has 0 atom stereocenters. The number of pyridine rings is 1. The van der Waals surface area contributed by atoms with Gasteiger partial charge in [-0.3, -0.25) is 0 Å². The van der Waals surface area contributed by atoms with Gasteiger partial charge in [0.2, 0.25) is 10.0 Å². The van der Waals surface area contributed by atoms with Crippen LogP contribution in [0.1, 0.15) is 19.8 Å². The molecular formula is C15H14BrN3O2S. The summed E-state index contributed by atoms with van der Waals surface area (Å²) < 4.78 is 28.6. The lowest BCUT2D eigenvalue weighted by atomic mass is 10.2. The van der Waals surface area contributed by atoms with Crippen LogP contribution in [-0.4, -0.2) is 23.9 Å². The monoisotopic (exact) mass is 379 g/mol. The lowest BCUT2D eigenvalue weighted by Crippen LogP contribution is -2.34. The van der Waals surface area contributed by atoms with Crippen molar-refractivity contribution in [2.24, 2.45) is 0 Å². The Labute approximate surface area is 136 Å². The summed E-state index contributed by atoms with van der Waals surface area (Å²) in [6.45, 7) is 1.92. The third-order valence-electron chi connectivity index (χ3n) is 4.10. The highest BCUT2D eigenvalue weighted by atomic mass is 79.9. The molecule has 2 N–H and O–H groups in total. The predicted octanol–water partition coefficient (Wildman–Crippen LogP) is 3.31. The van der Waals surface area contributed by atoms with E-state index in [9.17, 15) is 8.42 Å². The van der Waals surface area contributed by atoms with Crippen LogP contribution in [0.15, 0.2) is 39.8 Å². The quantitative estimate of drug-likeness (QED) is 0.732. The molecule has 0 spiro atoms. The molecule has 1 saturated carbocycles. The first-order valence-electron chi connectivity index (χ1n) is 6.98. The summed E-state index contributed by atoms with van der Waals surface area (Å²) >= 11 is 3.51. The Bertz CT molecular complexity index is 1010. The summed E-state index contributed by atoms with van der Waals surface area (Å²) in [7, 11) is -3.50. The van der Waals surface area contributed by atoms with Crippen molar-refractivity contribution >= 4 is 47.9 Å². The molecule has 0 unspecified atom stereocenters. The van der Waals surface area contributed by atoms with E-state index in [0.717, 1.165) is 39.3 Å². The van der Waals surface area contributed by atoms with Crippen molar-refractivity contribution in [3.8, 4) is 0 Å². The van der Waals surface area contributed by atoms with Gasteiger partial charge in [-0.25, -0.2) is 18.1 Å². The fourth-order valence-corrected chi connectivity index (χ4v) is 4.61. The largest absolute Gasteiger partial charge is 0.339 e. The van der Waals surface area contributed by atoms with Crippen molar-refractivity contribution in [3.05, 3.63) is 34.9 Å². The van der Waals surface area contributed by atoms with Gasteiger partial charge in [0.05, 0.1) is 4.90 Å². The summed E-state index contributed by atoms with van der Waals surface area (Å²) in [6, 6.07) is 7.00. The summed E-state index contributed by atoms with van der Waals surface area (Å²) in [5.74, 6) is 0. The zero-order valence-corrected chi connectivity index (χ0v) is 14.3. The highest BCUT2D eigenvalue weighted by Gasteiger charge is 2.41. The van der Waals surface area contributed by atoms with Gasteiger partial charge in [-0.05, 0) is 53.9 Å². The molecule has 22 heavy (non-hydrogen) atoms. The first kappa shape index (κ1) is 14.2. The summed E-state index contributed by atoms with van der Waals surface area (Å²) in [4.78, 5) is 7.74. The van der Waals surface area contributed by atoms with Crippen molar-refractivity contribution in [3.63, 3.8) is 0 Å². The average molecular weight is 380 g/mol. The van der Waals surface area contributed by atoms with Crippen LogP contribution in [0.25, 0.3) is 21.9 Å². The predicted molar refractivity (Wildman–Crippen MR) is 89.3 cm³/mol. The van der Waals surface area contributed by atoms with E-state index in [1.165, 1.54) is 0 Å². The van der Waals surface area contributed by atoms with E-state index in [4.69, 9.17) is 0 Å². The number of aromatic nitrogens is 2. The minimum Gasteiger partial charge on any atom is -0.339 e. The molecule has 1 aromatic carbocycles. The third-order valence-corrected chi connectivity index (χ3v) is 6.40. The van der Waals surface area contributed by atoms with Crippen LogP contribution in [0.4, 0.5) is 0 Å². The van der Waals surface area contributed by atoms with E-state index >= 15 is 0 Å². The minimum absolute atomic E-state index is 0.274. The SMILES string of the molecule is CC1(NS(=O)(=O)c2ccc3c(c2)[nH]c2nccc(Br)c23)CC1. The fraction of sp³-hybridized carbons (Fsp3) is 0.267. The van der Waals surface area contributed by atoms with Gasteiger partial charge in [-0.2, -0.15) is 0 Å². The normalized spacial score (nSPS) is 17.2. The number of aromatic amines is 1. The van der Waals surface area contributed by atoms with Gasteiger partial charge in [-0.1, -0.05) is 6.07 Å². The number of nitrogens with one attached hydrogen (secondary N) is 2. The Balaban J connectivity index is 1.87. The molecule has 2 heterocycles. The topological polar surface area (TPSA) is 74.8 Å². The second-order valence-electron chi connectivity index (χ2n) is 6.01. The van der Waals surface area contributed by atoms with E-state index in [1.807, 2.05) is 19.1 Å². The molecule has 0 aliphatic heterocycles. The smallest absolute Gasteiger partial charge is 0.241 e. The number of fused-ring (bicyclic) bond motifs is 3. The second-order valence-corrected chi connectivity index (χ2v) is 8.55. The molecule has 4 rings (SSSR count). The van der Waals surface area contributed by atoms with Crippen LogP contribution >= 0.6 is 15.9 Å². The zero-order chi connectivity index (χ0) is 15.5. The van der Waals surface area contributed by atoms with Crippen LogP contribution in [-0.2, 0) is 10.0 Å². The highest BCUT2D eigenvalue weighted by Crippen LogP contribution is 2.36. The van der Waals surface area contributed by atoms with Crippen molar-refractivity contribution in [1.29, 1.82) is 0 Å². The number of halogens is 1. The Morgan fingerprint density at radius 3 is 2.82 bits per heavy atom. The Morgan fingerprint density at radius 2 is 2.09 bits per heavy atom. The molecule has 0 saturated heterocycles. The van der Waals surface area contributed by atoms with E-state index in [-0.39, 0.29) is 10.4 Å². The van der Waals surface area contributed by atoms with Crippen molar-refractivity contribution in [2.75, 3.05) is 0 Å². The summed E-state index contributed by atoms with van der Waals surface area (Å²) in [5, 5.41) is 1.91. The summed E-state index contributed by atoms with van der Waals surface area (Å²) in [5.41, 5.74) is 1.22. The van der Waals surface area contributed by atoms with Crippen molar-refractivity contribution in [2.45, 2.75) is 30.2 Å². The molecule has 2 aromatic heterocycles. The molecule has 0 amide bonds. The standard InChI is InChI=1S/C15H14BrN3O2S/c1-15(5-6-15)19-22(20,21)9-2-3-10-12(8-9)18-14-13(10)11(16)4-7-17-14/h2-4,7-8,19H,5-6H2,1H3,(H,17,18). The molecule has 1 aliphatic carbocycles. The van der Waals surface area contributed by atoms with E-state index in [0.29, 0.717) is 0 Å². The van der Waals surface area contributed by atoms with Gasteiger partial charge >= 0.3 is 0 Å². The molecule has 5 nitrogen and oxygen atoms in total. The van der Waals surface area contributed by atoms with Gasteiger partial charge in [-0.15, -0.1) is 0 Å². The maximum Gasteiger partial charge on any atom is 0.241 e. The van der Waals surface area contributed by atoms with Gasteiger partial charge < -0.3 is 4.98 Å². The Morgan fingerprint density at radius 1 is 1.32 bits per heavy atom. The first-order valence-corrected chi connectivity index (χ1v) is 9.26. The van der Waals surface area contributed by atoms with E-state index in [1.54, 1.807) is 18.3 Å². The second kappa shape index (κ2) is 4.53. The molecule has 0 radical (unpaired) electrons. The molecule has 1 fully saturated rings. The number of hydrogen-bond donors (Lipinski definition) is 2. The van der Waals surface area contributed by atoms with Crippen molar-refractivity contribution in [1.82, 2.24) is 14.7 Å². The molecule has 114 valence electrons.